The SMILES string of the molecule is Cc1cn(-c2ccc(-c3ccc(N(C)[C@H]4C[C@H]5CC[C@@H](C4)N5)nn3)c(O)c2)cn1. The highest BCUT2D eigenvalue weighted by molar-refractivity contribution is 5.69. The smallest absolute Gasteiger partial charge is 0.151 e. The van der Waals surface area contributed by atoms with E-state index < -0.39 is 0 Å². The van der Waals surface area contributed by atoms with Gasteiger partial charge in [0, 0.05) is 43.0 Å². The second-order valence-electron chi connectivity index (χ2n) is 8.27. The van der Waals surface area contributed by atoms with Gasteiger partial charge in [-0.2, -0.15) is 0 Å². The average Bonchev–Trinajstić information content (AvgIpc) is 3.32. The fourth-order valence-electron chi connectivity index (χ4n) is 4.65. The summed E-state index contributed by atoms with van der Waals surface area (Å²) < 4.78 is 1.88. The van der Waals surface area contributed by atoms with E-state index in [1.807, 2.05) is 42.0 Å². The van der Waals surface area contributed by atoms with Crippen LogP contribution in [0.3, 0.4) is 0 Å². The third-order valence-electron chi connectivity index (χ3n) is 6.27. The lowest BCUT2D eigenvalue weighted by Gasteiger charge is -2.36. The van der Waals surface area contributed by atoms with Gasteiger partial charge in [-0.1, -0.05) is 0 Å². The molecule has 0 radical (unpaired) electrons. The fourth-order valence-corrected chi connectivity index (χ4v) is 4.65. The first-order valence-electron chi connectivity index (χ1n) is 10.2. The number of benzene rings is 1. The van der Waals surface area contributed by atoms with Crippen LogP contribution in [-0.4, -0.2) is 50.0 Å². The molecule has 2 saturated heterocycles. The molecule has 0 amide bonds. The first-order chi connectivity index (χ1) is 14.1. The van der Waals surface area contributed by atoms with E-state index >= 15 is 0 Å². The lowest BCUT2D eigenvalue weighted by molar-refractivity contribution is 0.353. The van der Waals surface area contributed by atoms with Gasteiger partial charge in [-0.3, -0.25) is 0 Å². The van der Waals surface area contributed by atoms with Gasteiger partial charge in [0.25, 0.3) is 0 Å². The second kappa shape index (κ2) is 7.15. The molecule has 3 atom stereocenters. The molecule has 5 rings (SSSR count). The van der Waals surface area contributed by atoms with E-state index in [0.29, 0.717) is 29.4 Å². The number of piperidine rings is 1. The van der Waals surface area contributed by atoms with Crippen LogP contribution in [0.1, 0.15) is 31.4 Å². The number of phenols is 1. The van der Waals surface area contributed by atoms with E-state index in [2.05, 4.69) is 32.4 Å². The summed E-state index contributed by atoms with van der Waals surface area (Å²) in [5.41, 5.74) is 3.13. The quantitative estimate of drug-likeness (QED) is 0.713. The first-order valence-corrected chi connectivity index (χ1v) is 10.2. The van der Waals surface area contributed by atoms with Gasteiger partial charge in [0.05, 0.1) is 23.4 Å². The minimum Gasteiger partial charge on any atom is -0.507 e. The largest absolute Gasteiger partial charge is 0.507 e. The van der Waals surface area contributed by atoms with Gasteiger partial charge < -0.3 is 19.9 Å². The summed E-state index contributed by atoms with van der Waals surface area (Å²) >= 11 is 0. The lowest BCUT2D eigenvalue weighted by atomic mass is 9.98. The molecule has 2 N–H and O–H groups in total. The highest BCUT2D eigenvalue weighted by Crippen LogP contribution is 2.32. The van der Waals surface area contributed by atoms with E-state index in [0.717, 1.165) is 30.0 Å². The zero-order valence-electron chi connectivity index (χ0n) is 16.8. The standard InChI is InChI=1S/C22H26N6O/c1-14-12-28(13-23-14)17-5-6-19(21(29)11-17)20-7-8-22(26-25-20)27(2)18-9-15-3-4-16(10-18)24-15/h5-8,11-13,15-16,18,24,29H,3-4,9-10H2,1-2H3/t15-,16+,18+. The number of hydrogen-bond acceptors (Lipinski definition) is 6. The molecule has 0 unspecified atom stereocenters. The lowest BCUT2D eigenvalue weighted by Crippen LogP contribution is -2.47. The van der Waals surface area contributed by atoms with Crippen LogP contribution in [0.2, 0.25) is 0 Å². The molecule has 2 aromatic heterocycles. The summed E-state index contributed by atoms with van der Waals surface area (Å²) in [5.74, 6) is 1.06. The molecular formula is C22H26N6O. The molecule has 0 saturated carbocycles. The minimum atomic E-state index is 0.180. The maximum Gasteiger partial charge on any atom is 0.151 e. The molecule has 0 spiro atoms. The predicted molar refractivity (Wildman–Crippen MR) is 112 cm³/mol. The summed E-state index contributed by atoms with van der Waals surface area (Å²) in [7, 11) is 2.11. The van der Waals surface area contributed by atoms with Crippen LogP contribution in [-0.2, 0) is 0 Å². The topological polar surface area (TPSA) is 79.1 Å². The van der Waals surface area contributed by atoms with Crippen molar-refractivity contribution in [1.29, 1.82) is 0 Å². The van der Waals surface area contributed by atoms with E-state index in [9.17, 15) is 5.11 Å². The molecule has 3 aromatic rings. The third-order valence-corrected chi connectivity index (χ3v) is 6.27. The average molecular weight is 390 g/mol. The number of aryl methyl sites for hydroxylation is 1. The predicted octanol–water partition coefficient (Wildman–Crippen LogP) is 3.06. The van der Waals surface area contributed by atoms with Crippen molar-refractivity contribution in [2.75, 3.05) is 11.9 Å². The van der Waals surface area contributed by atoms with Crippen molar-refractivity contribution in [2.24, 2.45) is 0 Å². The van der Waals surface area contributed by atoms with Crippen molar-refractivity contribution >= 4 is 5.82 Å². The van der Waals surface area contributed by atoms with Crippen LogP contribution < -0.4 is 10.2 Å². The zero-order chi connectivity index (χ0) is 20.0. The van der Waals surface area contributed by atoms with Crippen molar-refractivity contribution in [1.82, 2.24) is 25.1 Å². The number of aromatic nitrogens is 4. The van der Waals surface area contributed by atoms with Gasteiger partial charge in [-0.05, 0) is 56.9 Å². The Bertz CT molecular complexity index is 1000. The fraction of sp³-hybridized carbons (Fsp3) is 0.409. The molecule has 29 heavy (non-hydrogen) atoms. The number of phenolic OH excluding ortho intramolecular Hbond substituents is 1. The third kappa shape index (κ3) is 3.46. The van der Waals surface area contributed by atoms with Crippen LogP contribution in [0.15, 0.2) is 42.9 Å². The summed E-state index contributed by atoms with van der Waals surface area (Å²) in [5, 5.41) is 23.1. The minimum absolute atomic E-state index is 0.180. The van der Waals surface area contributed by atoms with Gasteiger partial charge in [0.1, 0.15) is 5.75 Å². The van der Waals surface area contributed by atoms with Crippen LogP contribution >= 0.6 is 0 Å². The number of aromatic hydroxyl groups is 1. The van der Waals surface area contributed by atoms with Crippen LogP contribution in [0.4, 0.5) is 5.82 Å². The summed E-state index contributed by atoms with van der Waals surface area (Å²) in [6.07, 6.45) is 8.55. The zero-order valence-corrected chi connectivity index (χ0v) is 16.8. The van der Waals surface area contributed by atoms with Crippen molar-refractivity contribution < 1.29 is 5.11 Å². The number of imidazole rings is 1. The van der Waals surface area contributed by atoms with E-state index in [-0.39, 0.29) is 5.75 Å². The number of hydrogen-bond donors (Lipinski definition) is 2. The van der Waals surface area contributed by atoms with Crippen molar-refractivity contribution in [2.45, 2.75) is 50.7 Å². The number of nitrogens with zero attached hydrogens (tertiary/aromatic N) is 5. The van der Waals surface area contributed by atoms with Crippen LogP contribution in [0, 0.1) is 6.92 Å². The molecule has 2 bridgehead atoms. The van der Waals surface area contributed by atoms with E-state index in [1.165, 1.54) is 12.8 Å². The summed E-state index contributed by atoms with van der Waals surface area (Å²) in [4.78, 5) is 6.49. The Morgan fingerprint density at radius 2 is 1.90 bits per heavy atom. The summed E-state index contributed by atoms with van der Waals surface area (Å²) in [6.45, 7) is 1.94. The van der Waals surface area contributed by atoms with Gasteiger partial charge in [-0.25, -0.2) is 4.98 Å². The Kier molecular flexibility index (Phi) is 4.47. The maximum absolute atomic E-state index is 10.5. The second-order valence-corrected chi connectivity index (χ2v) is 8.27. The molecule has 0 aliphatic carbocycles. The molecule has 2 fully saturated rings. The molecule has 7 nitrogen and oxygen atoms in total. The number of rotatable bonds is 4. The number of anilines is 1. The van der Waals surface area contributed by atoms with Gasteiger partial charge in [0.2, 0.25) is 0 Å². The number of nitrogens with one attached hydrogen (secondary N) is 1. The maximum atomic E-state index is 10.5. The van der Waals surface area contributed by atoms with Crippen molar-refractivity contribution in [3.8, 4) is 22.7 Å². The molecule has 7 heteroatoms. The highest BCUT2D eigenvalue weighted by Gasteiger charge is 2.35. The Balaban J connectivity index is 1.34. The van der Waals surface area contributed by atoms with Crippen molar-refractivity contribution in [3.05, 3.63) is 48.5 Å². The van der Waals surface area contributed by atoms with E-state index in [1.54, 1.807) is 12.4 Å². The normalized spacial score (nSPS) is 23.3. The Labute approximate surface area is 170 Å². The highest BCUT2D eigenvalue weighted by atomic mass is 16.3. The monoisotopic (exact) mass is 390 g/mol. The Morgan fingerprint density at radius 1 is 1.10 bits per heavy atom. The summed E-state index contributed by atoms with van der Waals surface area (Å²) in [6, 6.07) is 11.3. The Morgan fingerprint density at radius 3 is 2.52 bits per heavy atom. The van der Waals surface area contributed by atoms with Crippen molar-refractivity contribution in [3.63, 3.8) is 0 Å². The molecule has 4 heterocycles. The number of fused-ring (bicyclic) bond motifs is 2. The van der Waals surface area contributed by atoms with E-state index in [4.69, 9.17) is 0 Å². The first kappa shape index (κ1) is 18.1. The molecular weight excluding hydrogens is 364 g/mol. The van der Waals surface area contributed by atoms with Gasteiger partial charge in [0.15, 0.2) is 5.82 Å². The van der Waals surface area contributed by atoms with Crippen LogP contribution in [0.5, 0.6) is 5.75 Å². The molecule has 150 valence electrons. The Hall–Kier alpha value is -2.93. The van der Waals surface area contributed by atoms with Gasteiger partial charge >= 0.3 is 0 Å². The molecule has 2 aliphatic rings. The van der Waals surface area contributed by atoms with Gasteiger partial charge in [-0.15, -0.1) is 10.2 Å². The van der Waals surface area contributed by atoms with Crippen LogP contribution in [0.25, 0.3) is 16.9 Å². The molecule has 2 aliphatic heterocycles. The molecule has 1 aromatic carbocycles.